The fraction of sp³-hybridized carbons (Fsp3) is 0.300. The van der Waals surface area contributed by atoms with Gasteiger partial charge in [-0.25, -0.2) is 12.8 Å². The number of nitrogens with one attached hydrogen (secondary N) is 3. The second-order valence-electron chi connectivity index (χ2n) is 7.06. The molecule has 0 saturated heterocycles. The average Bonchev–Trinajstić information content (AvgIpc) is 2.61. The Morgan fingerprint density at radius 1 is 1.13 bits per heavy atom. The molecule has 0 spiro atoms. The Hall–Kier alpha value is -2.98. The maximum absolute atomic E-state index is 13.6. The molecular formula is C20H25FN4O4S. The van der Waals surface area contributed by atoms with Gasteiger partial charge in [-0.2, -0.15) is 0 Å². The van der Waals surface area contributed by atoms with E-state index in [2.05, 4.69) is 15.4 Å². The molecule has 0 aliphatic rings. The van der Waals surface area contributed by atoms with Gasteiger partial charge in [-0.3, -0.25) is 14.3 Å². The minimum atomic E-state index is -3.63. The van der Waals surface area contributed by atoms with Gasteiger partial charge in [0.25, 0.3) is 5.91 Å². The van der Waals surface area contributed by atoms with Gasteiger partial charge in [0, 0.05) is 19.2 Å². The molecule has 2 amide bonds. The number of sulfonamides is 1. The van der Waals surface area contributed by atoms with Crippen LogP contribution >= 0.6 is 0 Å². The van der Waals surface area contributed by atoms with Crippen molar-refractivity contribution in [2.24, 2.45) is 0 Å². The van der Waals surface area contributed by atoms with Crippen LogP contribution in [0.3, 0.4) is 0 Å². The molecule has 8 nitrogen and oxygen atoms in total. The number of halogens is 1. The van der Waals surface area contributed by atoms with E-state index in [1.54, 1.807) is 26.2 Å². The van der Waals surface area contributed by atoms with Crippen molar-refractivity contribution in [3.8, 4) is 0 Å². The second-order valence-corrected chi connectivity index (χ2v) is 8.81. The van der Waals surface area contributed by atoms with Crippen molar-refractivity contribution in [1.29, 1.82) is 0 Å². The van der Waals surface area contributed by atoms with Crippen LogP contribution < -0.4 is 15.4 Å². The first-order valence-electron chi connectivity index (χ1n) is 9.06. The Morgan fingerprint density at radius 3 is 2.40 bits per heavy atom. The minimum Gasteiger partial charge on any atom is -0.350 e. The summed E-state index contributed by atoms with van der Waals surface area (Å²) < 4.78 is 39.2. The summed E-state index contributed by atoms with van der Waals surface area (Å²) >= 11 is 0. The van der Waals surface area contributed by atoms with Crippen molar-refractivity contribution in [3.05, 3.63) is 59.4 Å². The number of amides is 2. The minimum absolute atomic E-state index is 0.0448. The fourth-order valence-electron chi connectivity index (χ4n) is 2.90. The van der Waals surface area contributed by atoms with E-state index in [4.69, 9.17) is 0 Å². The number of carbonyl (C=O) groups excluding carboxylic acids is 2. The number of rotatable bonds is 8. The van der Waals surface area contributed by atoms with Gasteiger partial charge < -0.3 is 15.5 Å². The molecule has 0 radical (unpaired) electrons. The zero-order chi connectivity index (χ0) is 22.5. The number of carbonyl (C=O) groups is 2. The third kappa shape index (κ3) is 6.82. The van der Waals surface area contributed by atoms with Crippen LogP contribution in [0.2, 0.25) is 0 Å². The SMILES string of the molecule is CC(=O)Nc1ccc(NS(C)(=O)=O)c(C(=O)NCC(c2cccc(F)c2)N(C)C)c1. The monoisotopic (exact) mass is 436 g/mol. The standard InChI is InChI=1S/C20H25FN4O4S/c1-13(26)23-16-8-9-18(24-30(4,28)29)17(11-16)20(27)22-12-19(25(2)3)14-6-5-7-15(21)10-14/h5-11,19,24H,12H2,1-4H3,(H,22,27)(H,23,26). The molecule has 2 rings (SSSR count). The highest BCUT2D eigenvalue weighted by Crippen LogP contribution is 2.23. The predicted octanol–water partition coefficient (Wildman–Crippen LogP) is 2.19. The maximum Gasteiger partial charge on any atom is 0.253 e. The molecular weight excluding hydrogens is 411 g/mol. The summed E-state index contributed by atoms with van der Waals surface area (Å²) in [5, 5.41) is 5.31. The highest BCUT2D eigenvalue weighted by atomic mass is 32.2. The first kappa shape index (κ1) is 23.3. The molecule has 10 heteroatoms. The number of hydrogen-bond donors (Lipinski definition) is 3. The number of hydrogen-bond acceptors (Lipinski definition) is 5. The zero-order valence-electron chi connectivity index (χ0n) is 17.2. The molecule has 0 saturated carbocycles. The molecule has 0 bridgehead atoms. The van der Waals surface area contributed by atoms with Crippen molar-refractivity contribution in [2.75, 3.05) is 36.9 Å². The quantitative estimate of drug-likeness (QED) is 0.588. The number of anilines is 2. The smallest absolute Gasteiger partial charge is 0.253 e. The zero-order valence-corrected chi connectivity index (χ0v) is 18.0. The summed E-state index contributed by atoms with van der Waals surface area (Å²) in [6, 6.07) is 10.0. The maximum atomic E-state index is 13.6. The third-order valence-corrected chi connectivity index (χ3v) is 4.78. The van der Waals surface area contributed by atoms with E-state index in [-0.39, 0.29) is 35.6 Å². The van der Waals surface area contributed by atoms with E-state index in [0.717, 1.165) is 6.26 Å². The van der Waals surface area contributed by atoms with Crippen LogP contribution in [0.25, 0.3) is 0 Å². The summed E-state index contributed by atoms with van der Waals surface area (Å²) in [5.41, 5.74) is 1.16. The lowest BCUT2D eigenvalue weighted by atomic mass is 10.1. The van der Waals surface area contributed by atoms with E-state index >= 15 is 0 Å². The van der Waals surface area contributed by atoms with Crippen molar-refractivity contribution in [2.45, 2.75) is 13.0 Å². The summed E-state index contributed by atoms with van der Waals surface area (Å²) in [4.78, 5) is 26.0. The van der Waals surface area contributed by atoms with E-state index in [1.807, 2.05) is 4.90 Å². The van der Waals surface area contributed by atoms with Crippen LogP contribution in [0.15, 0.2) is 42.5 Å². The molecule has 3 N–H and O–H groups in total. The second kappa shape index (κ2) is 9.68. The van der Waals surface area contributed by atoms with Gasteiger partial charge in [0.15, 0.2) is 0 Å². The van der Waals surface area contributed by atoms with Gasteiger partial charge in [-0.15, -0.1) is 0 Å². The third-order valence-electron chi connectivity index (χ3n) is 4.19. The summed E-state index contributed by atoms with van der Waals surface area (Å²) in [6.45, 7) is 1.47. The van der Waals surface area contributed by atoms with Crippen molar-refractivity contribution in [3.63, 3.8) is 0 Å². The molecule has 1 unspecified atom stereocenters. The molecule has 162 valence electrons. The molecule has 30 heavy (non-hydrogen) atoms. The molecule has 0 fully saturated rings. The highest BCUT2D eigenvalue weighted by molar-refractivity contribution is 7.92. The Morgan fingerprint density at radius 2 is 1.83 bits per heavy atom. The van der Waals surface area contributed by atoms with Gasteiger partial charge in [0.05, 0.1) is 23.5 Å². The van der Waals surface area contributed by atoms with Crippen LogP contribution in [0, 0.1) is 5.82 Å². The predicted molar refractivity (Wildman–Crippen MR) is 114 cm³/mol. The van der Waals surface area contributed by atoms with Crippen molar-refractivity contribution < 1.29 is 22.4 Å². The van der Waals surface area contributed by atoms with E-state index in [9.17, 15) is 22.4 Å². The number of benzene rings is 2. The molecule has 0 heterocycles. The molecule has 1 atom stereocenters. The lowest BCUT2D eigenvalue weighted by molar-refractivity contribution is -0.114. The van der Waals surface area contributed by atoms with Crippen LogP contribution in [0.5, 0.6) is 0 Å². The molecule has 0 aliphatic heterocycles. The number of nitrogens with zero attached hydrogens (tertiary/aromatic N) is 1. The van der Waals surface area contributed by atoms with Crippen LogP contribution in [-0.2, 0) is 14.8 Å². The van der Waals surface area contributed by atoms with Crippen LogP contribution in [0.1, 0.15) is 28.9 Å². The first-order valence-corrected chi connectivity index (χ1v) is 10.9. The Bertz CT molecular complexity index is 1040. The van der Waals surface area contributed by atoms with Gasteiger partial charge in [-0.05, 0) is 50.0 Å². The van der Waals surface area contributed by atoms with Gasteiger partial charge in [-0.1, -0.05) is 12.1 Å². The number of likely N-dealkylation sites (N-methyl/N-ethyl adjacent to an activating group) is 1. The summed E-state index contributed by atoms with van der Waals surface area (Å²) in [6.07, 6.45) is 0.975. The molecule has 0 aliphatic carbocycles. The van der Waals surface area contributed by atoms with E-state index in [0.29, 0.717) is 11.3 Å². The first-order chi connectivity index (χ1) is 14.0. The lowest BCUT2D eigenvalue weighted by Crippen LogP contribution is -2.35. The molecule has 0 aromatic heterocycles. The van der Waals surface area contributed by atoms with Gasteiger partial charge in [0.2, 0.25) is 15.9 Å². The Kier molecular flexibility index (Phi) is 7.52. The Labute approximate surface area is 175 Å². The normalized spacial score (nSPS) is 12.3. The van der Waals surface area contributed by atoms with Crippen molar-refractivity contribution >= 4 is 33.2 Å². The highest BCUT2D eigenvalue weighted by Gasteiger charge is 2.19. The van der Waals surface area contributed by atoms with Crippen LogP contribution in [-0.4, -0.2) is 52.0 Å². The largest absolute Gasteiger partial charge is 0.350 e. The summed E-state index contributed by atoms with van der Waals surface area (Å²) in [7, 11) is -0.0261. The van der Waals surface area contributed by atoms with E-state index < -0.39 is 15.9 Å². The van der Waals surface area contributed by atoms with E-state index in [1.165, 1.54) is 37.3 Å². The fourth-order valence-corrected chi connectivity index (χ4v) is 3.48. The summed E-state index contributed by atoms with van der Waals surface area (Å²) in [5.74, 6) is -1.26. The molecule has 2 aromatic rings. The molecule has 2 aromatic carbocycles. The van der Waals surface area contributed by atoms with Gasteiger partial charge >= 0.3 is 0 Å². The Balaban J connectivity index is 2.29. The van der Waals surface area contributed by atoms with Crippen molar-refractivity contribution in [1.82, 2.24) is 10.2 Å². The lowest BCUT2D eigenvalue weighted by Gasteiger charge is -2.25. The topological polar surface area (TPSA) is 108 Å². The van der Waals surface area contributed by atoms with Crippen LogP contribution in [0.4, 0.5) is 15.8 Å². The average molecular weight is 437 g/mol. The van der Waals surface area contributed by atoms with Gasteiger partial charge in [0.1, 0.15) is 5.82 Å².